The summed E-state index contributed by atoms with van der Waals surface area (Å²) in [6, 6.07) is 0. The van der Waals surface area contributed by atoms with Gasteiger partial charge in [0.05, 0.1) is 0 Å². The predicted octanol–water partition coefficient (Wildman–Crippen LogP) is 2.11. The van der Waals surface area contributed by atoms with Crippen molar-refractivity contribution in [3.63, 3.8) is 0 Å². The van der Waals surface area contributed by atoms with Crippen molar-refractivity contribution in [2.75, 3.05) is 27.1 Å². The van der Waals surface area contributed by atoms with E-state index in [9.17, 15) is 35.7 Å². The Morgan fingerprint density at radius 1 is 1.19 bits per heavy atom. The number of carbonyl (C=O) groups excluding carboxylic acids is 1. The number of cyclic esters (lactones) is 1. The maximum absolute atomic E-state index is 12.9. The van der Waals surface area contributed by atoms with Crippen LogP contribution in [-0.2, 0) is 23.1 Å². The fourth-order valence-electron chi connectivity index (χ4n) is 1.71. The summed E-state index contributed by atoms with van der Waals surface area (Å²) in [4.78, 5) is 10.5. The van der Waals surface area contributed by atoms with E-state index in [4.69, 9.17) is 0 Å². The third-order valence-corrected chi connectivity index (χ3v) is 4.50. The lowest BCUT2D eigenvalue weighted by Crippen LogP contribution is -2.65. The van der Waals surface area contributed by atoms with E-state index in [1.807, 2.05) is 0 Å². The lowest BCUT2D eigenvalue weighted by atomic mass is 10.2. The van der Waals surface area contributed by atoms with Crippen LogP contribution in [0.3, 0.4) is 0 Å². The quantitative estimate of drug-likeness (QED) is 0.442. The van der Waals surface area contributed by atoms with Gasteiger partial charge in [0.25, 0.3) is 0 Å². The molecule has 0 aromatic heterocycles. The Balaban J connectivity index is 3.34. The maximum Gasteiger partial charge on any atom is 0.453 e. The Labute approximate surface area is 114 Å². The highest BCUT2D eigenvalue weighted by atomic mass is 31.2. The SMILES string of the molecule is COP(=O)(CN1CC(=O)OC1(C(F)(F)F)C(F)(F)F)OC. The van der Waals surface area contributed by atoms with Crippen LogP contribution in [0.2, 0.25) is 0 Å². The Morgan fingerprint density at radius 3 is 1.95 bits per heavy atom. The number of hydrogen-bond donors (Lipinski definition) is 0. The third kappa shape index (κ3) is 3.03. The molecule has 0 aromatic rings. The molecule has 1 rings (SSSR count). The zero-order valence-electron chi connectivity index (χ0n) is 10.6. The van der Waals surface area contributed by atoms with Gasteiger partial charge in [-0.05, 0) is 0 Å². The van der Waals surface area contributed by atoms with Gasteiger partial charge in [0.15, 0.2) is 0 Å². The molecule has 0 atom stereocenters. The standard InChI is InChI=1S/C8H10F6NO5P/c1-18-21(17,19-2)4-15-3-5(16)20-6(15,7(9,10)11)8(12,13)14/h3-4H2,1-2H3. The molecule has 0 aliphatic carbocycles. The van der Waals surface area contributed by atoms with Gasteiger partial charge in [-0.2, -0.15) is 26.3 Å². The molecule has 13 heteroatoms. The summed E-state index contributed by atoms with van der Waals surface area (Å²) in [5.41, 5.74) is -4.89. The van der Waals surface area contributed by atoms with E-state index in [0.717, 1.165) is 14.2 Å². The molecule has 1 aliphatic heterocycles. The molecule has 6 nitrogen and oxygen atoms in total. The largest absolute Gasteiger partial charge is 0.453 e. The Bertz CT molecular complexity index is 441. The molecule has 1 aliphatic rings. The lowest BCUT2D eigenvalue weighted by molar-refractivity contribution is -0.398. The van der Waals surface area contributed by atoms with Gasteiger partial charge < -0.3 is 13.8 Å². The average Bonchev–Trinajstić information content (AvgIpc) is 2.65. The van der Waals surface area contributed by atoms with Gasteiger partial charge in [0.2, 0.25) is 0 Å². The number of halogens is 6. The molecule has 0 spiro atoms. The van der Waals surface area contributed by atoms with Crippen molar-refractivity contribution in [2.24, 2.45) is 0 Å². The summed E-state index contributed by atoms with van der Waals surface area (Å²) < 4.78 is 101. The second-order valence-corrected chi connectivity index (χ2v) is 6.16. The molecule has 1 saturated heterocycles. The summed E-state index contributed by atoms with van der Waals surface area (Å²) in [6.07, 6.45) is -13.4. The Morgan fingerprint density at radius 2 is 1.62 bits per heavy atom. The van der Waals surface area contributed by atoms with Crippen molar-refractivity contribution in [3.05, 3.63) is 0 Å². The van der Waals surface area contributed by atoms with Crippen LogP contribution in [0, 0.1) is 0 Å². The van der Waals surface area contributed by atoms with Crippen LogP contribution in [0.25, 0.3) is 0 Å². The minimum atomic E-state index is -6.00. The number of hydrogen-bond acceptors (Lipinski definition) is 6. The topological polar surface area (TPSA) is 65.1 Å². The van der Waals surface area contributed by atoms with Gasteiger partial charge in [-0.15, -0.1) is 0 Å². The number of carbonyl (C=O) groups is 1. The van der Waals surface area contributed by atoms with E-state index < -0.39 is 49.4 Å². The van der Waals surface area contributed by atoms with Crippen molar-refractivity contribution in [1.82, 2.24) is 4.90 Å². The van der Waals surface area contributed by atoms with E-state index in [2.05, 4.69) is 13.8 Å². The van der Waals surface area contributed by atoms with E-state index in [1.165, 1.54) is 0 Å². The van der Waals surface area contributed by atoms with Crippen LogP contribution in [0.4, 0.5) is 26.3 Å². The molecule has 1 heterocycles. The Hall–Kier alpha value is -0.840. The number of nitrogens with zero attached hydrogens (tertiary/aromatic N) is 1. The molecule has 0 amide bonds. The zero-order valence-corrected chi connectivity index (χ0v) is 11.5. The second-order valence-electron chi connectivity index (χ2n) is 3.93. The second kappa shape index (κ2) is 5.41. The molecule has 0 aromatic carbocycles. The van der Waals surface area contributed by atoms with E-state index >= 15 is 0 Å². The molecule has 21 heavy (non-hydrogen) atoms. The molecule has 1 fully saturated rings. The summed E-state index contributed by atoms with van der Waals surface area (Å²) in [6.45, 7) is -1.37. The highest BCUT2D eigenvalue weighted by Gasteiger charge is 2.80. The molecule has 124 valence electrons. The van der Waals surface area contributed by atoms with Gasteiger partial charge in [0, 0.05) is 14.2 Å². The summed E-state index contributed by atoms with van der Waals surface area (Å²) in [5, 5.41) is 0. The van der Waals surface area contributed by atoms with Crippen LogP contribution >= 0.6 is 7.60 Å². The van der Waals surface area contributed by atoms with Crippen LogP contribution in [0.1, 0.15) is 0 Å². The van der Waals surface area contributed by atoms with Gasteiger partial charge in [-0.1, -0.05) is 0 Å². The van der Waals surface area contributed by atoms with Crippen LogP contribution < -0.4 is 0 Å². The number of esters is 1. The molecule has 0 unspecified atom stereocenters. The lowest BCUT2D eigenvalue weighted by Gasteiger charge is -2.38. The van der Waals surface area contributed by atoms with Crippen molar-refractivity contribution >= 4 is 13.6 Å². The number of ether oxygens (including phenoxy) is 1. The van der Waals surface area contributed by atoms with Crippen LogP contribution in [0.15, 0.2) is 0 Å². The molecule has 0 N–H and O–H groups in total. The van der Waals surface area contributed by atoms with Gasteiger partial charge in [-0.3, -0.25) is 9.36 Å². The van der Waals surface area contributed by atoms with Crippen LogP contribution in [-0.4, -0.2) is 56.0 Å². The summed E-state index contributed by atoms with van der Waals surface area (Å²) in [7, 11) is -2.71. The van der Waals surface area contributed by atoms with Crippen LogP contribution in [0.5, 0.6) is 0 Å². The Kier molecular flexibility index (Phi) is 4.70. The van der Waals surface area contributed by atoms with Gasteiger partial charge in [-0.25, -0.2) is 4.90 Å². The van der Waals surface area contributed by atoms with Crippen molar-refractivity contribution in [3.8, 4) is 0 Å². The van der Waals surface area contributed by atoms with Gasteiger partial charge in [0.1, 0.15) is 12.8 Å². The first-order chi connectivity index (χ1) is 9.33. The maximum atomic E-state index is 12.9. The third-order valence-electron chi connectivity index (χ3n) is 2.70. The summed E-state index contributed by atoms with van der Waals surface area (Å²) in [5.74, 6) is -1.76. The van der Waals surface area contributed by atoms with Crippen molar-refractivity contribution in [2.45, 2.75) is 18.1 Å². The first kappa shape index (κ1) is 18.2. The van der Waals surface area contributed by atoms with Crippen molar-refractivity contribution < 1.29 is 49.5 Å². The average molecular weight is 345 g/mol. The normalized spacial score (nSPS) is 20.7. The zero-order chi connectivity index (χ0) is 16.7. The highest BCUT2D eigenvalue weighted by Crippen LogP contribution is 2.55. The van der Waals surface area contributed by atoms with E-state index in [-0.39, 0.29) is 0 Å². The highest BCUT2D eigenvalue weighted by molar-refractivity contribution is 7.53. The summed E-state index contributed by atoms with van der Waals surface area (Å²) >= 11 is 0. The number of rotatable bonds is 4. The molecule has 0 bridgehead atoms. The minimum Gasteiger partial charge on any atom is -0.424 e. The smallest absolute Gasteiger partial charge is 0.424 e. The monoisotopic (exact) mass is 345 g/mol. The predicted molar refractivity (Wildman–Crippen MR) is 54.1 cm³/mol. The molecule has 0 radical (unpaired) electrons. The minimum absolute atomic E-state index is 0.455. The van der Waals surface area contributed by atoms with Crippen molar-refractivity contribution in [1.29, 1.82) is 0 Å². The molecular formula is C8H10F6NO5P. The van der Waals surface area contributed by atoms with Gasteiger partial charge >= 0.3 is 31.6 Å². The first-order valence-corrected chi connectivity index (χ1v) is 6.86. The first-order valence-electron chi connectivity index (χ1n) is 5.14. The van der Waals surface area contributed by atoms with E-state index in [0.29, 0.717) is 0 Å². The fourth-order valence-corrected chi connectivity index (χ4v) is 2.81. The molecule has 0 saturated carbocycles. The fraction of sp³-hybridized carbons (Fsp3) is 0.875. The molecular weight excluding hydrogens is 335 g/mol. The van der Waals surface area contributed by atoms with E-state index in [1.54, 1.807) is 0 Å². The number of alkyl halides is 6.